The van der Waals surface area contributed by atoms with Crippen molar-refractivity contribution < 1.29 is 9.53 Å². The number of carbonyl (C=O) groups is 1. The molecule has 0 aliphatic heterocycles. The van der Waals surface area contributed by atoms with Gasteiger partial charge in [0.15, 0.2) is 0 Å². The van der Waals surface area contributed by atoms with E-state index in [1.807, 2.05) is 20.8 Å². The second kappa shape index (κ2) is 10.3. The van der Waals surface area contributed by atoms with Crippen molar-refractivity contribution in [2.75, 3.05) is 6.61 Å². The van der Waals surface area contributed by atoms with E-state index in [9.17, 15) is 4.79 Å². The molecule has 0 aromatic heterocycles. The highest BCUT2D eigenvalue weighted by Gasteiger charge is 2.24. The monoisotopic (exact) mass is 334 g/mol. The van der Waals surface area contributed by atoms with E-state index in [2.05, 4.69) is 13.0 Å². The van der Waals surface area contributed by atoms with E-state index in [1.54, 1.807) is 13.0 Å². The largest absolute Gasteiger partial charge is 0.463 e. The van der Waals surface area contributed by atoms with E-state index < -0.39 is 0 Å². The lowest BCUT2D eigenvalue weighted by Gasteiger charge is -2.22. The van der Waals surface area contributed by atoms with Crippen LogP contribution in [0.25, 0.3) is 0 Å². The van der Waals surface area contributed by atoms with E-state index >= 15 is 0 Å². The van der Waals surface area contributed by atoms with Crippen molar-refractivity contribution in [3.63, 3.8) is 0 Å². The first-order chi connectivity index (χ1) is 9.66. The highest BCUT2D eigenvalue weighted by atomic mass is 35.5. The highest BCUT2D eigenvalue weighted by molar-refractivity contribution is 6.32. The Labute approximate surface area is 139 Å². The van der Waals surface area contributed by atoms with Crippen LogP contribution in [0, 0.1) is 0 Å². The Morgan fingerprint density at radius 2 is 1.86 bits per heavy atom. The van der Waals surface area contributed by atoms with E-state index in [1.165, 1.54) is 5.57 Å². The standard InChI is InChI=1S/C17H28Cl2O2/c1-6-21-16(20)12-14(3)9-7-8-13(2)10-11-15(18)17(4,5)19/h8,12,15H,6-7,9-11H2,1-5H3/b13-8+,14-12+. The molecule has 0 aliphatic carbocycles. The Bertz CT molecular complexity index is 379. The number of allylic oxidation sites excluding steroid dienone is 3. The summed E-state index contributed by atoms with van der Waals surface area (Å²) in [6, 6.07) is 0. The summed E-state index contributed by atoms with van der Waals surface area (Å²) in [4.78, 5) is 10.9. The number of hydrogen-bond donors (Lipinski definition) is 0. The molecule has 0 spiro atoms. The molecule has 0 saturated heterocycles. The number of hydrogen-bond acceptors (Lipinski definition) is 2. The van der Waals surface area contributed by atoms with Crippen LogP contribution < -0.4 is 0 Å². The van der Waals surface area contributed by atoms with Crippen LogP contribution >= 0.6 is 23.2 Å². The maximum atomic E-state index is 11.3. The molecule has 0 heterocycles. The number of ether oxygens (including phenoxy) is 1. The van der Waals surface area contributed by atoms with Crippen LogP contribution in [-0.2, 0) is 9.53 Å². The van der Waals surface area contributed by atoms with Gasteiger partial charge in [0, 0.05) is 6.08 Å². The molecule has 0 rings (SSSR count). The van der Waals surface area contributed by atoms with Crippen molar-refractivity contribution in [1.29, 1.82) is 0 Å². The summed E-state index contributed by atoms with van der Waals surface area (Å²) in [6.45, 7) is 10.2. The summed E-state index contributed by atoms with van der Waals surface area (Å²) in [6.07, 6.45) is 7.38. The van der Waals surface area contributed by atoms with Crippen LogP contribution in [0.2, 0.25) is 0 Å². The molecule has 2 nitrogen and oxygen atoms in total. The Kier molecular flexibility index (Phi) is 10.1. The first-order valence-electron chi connectivity index (χ1n) is 7.49. The minimum Gasteiger partial charge on any atom is -0.463 e. The van der Waals surface area contributed by atoms with Crippen LogP contribution in [-0.4, -0.2) is 22.8 Å². The van der Waals surface area contributed by atoms with E-state index in [4.69, 9.17) is 27.9 Å². The maximum absolute atomic E-state index is 11.3. The van der Waals surface area contributed by atoms with Gasteiger partial charge in [-0.3, -0.25) is 0 Å². The lowest BCUT2D eigenvalue weighted by atomic mass is 10.0. The first-order valence-corrected chi connectivity index (χ1v) is 8.30. The second-order valence-electron chi connectivity index (χ2n) is 5.90. The zero-order valence-electron chi connectivity index (χ0n) is 13.8. The molecule has 4 heteroatoms. The molecule has 0 amide bonds. The van der Waals surface area contributed by atoms with Gasteiger partial charge in [0.05, 0.1) is 16.9 Å². The van der Waals surface area contributed by atoms with Crippen LogP contribution in [0.15, 0.2) is 23.3 Å². The van der Waals surface area contributed by atoms with Gasteiger partial charge in [0.1, 0.15) is 0 Å². The van der Waals surface area contributed by atoms with Crippen molar-refractivity contribution in [1.82, 2.24) is 0 Å². The van der Waals surface area contributed by atoms with E-state index in [0.717, 1.165) is 31.3 Å². The molecule has 1 atom stereocenters. The Morgan fingerprint density at radius 3 is 2.38 bits per heavy atom. The third-order valence-electron chi connectivity index (χ3n) is 3.22. The lowest BCUT2D eigenvalue weighted by Crippen LogP contribution is -2.25. The summed E-state index contributed by atoms with van der Waals surface area (Å²) >= 11 is 12.4. The zero-order valence-corrected chi connectivity index (χ0v) is 15.4. The smallest absolute Gasteiger partial charge is 0.330 e. The number of halogens is 2. The minimum absolute atomic E-state index is 0.0343. The molecule has 0 aliphatic rings. The maximum Gasteiger partial charge on any atom is 0.330 e. The lowest BCUT2D eigenvalue weighted by molar-refractivity contribution is -0.137. The third kappa shape index (κ3) is 10.8. The van der Waals surface area contributed by atoms with Crippen LogP contribution in [0.5, 0.6) is 0 Å². The molecule has 0 saturated carbocycles. The minimum atomic E-state index is -0.374. The number of alkyl halides is 2. The van der Waals surface area contributed by atoms with Crippen LogP contribution in [0.3, 0.4) is 0 Å². The predicted molar refractivity (Wildman–Crippen MR) is 92.2 cm³/mol. The van der Waals surface area contributed by atoms with Gasteiger partial charge >= 0.3 is 5.97 Å². The van der Waals surface area contributed by atoms with Crippen molar-refractivity contribution in [3.8, 4) is 0 Å². The molecule has 0 radical (unpaired) electrons. The molecule has 0 bridgehead atoms. The molecule has 0 fully saturated rings. The highest BCUT2D eigenvalue weighted by Crippen LogP contribution is 2.28. The van der Waals surface area contributed by atoms with Crippen molar-refractivity contribution in [2.24, 2.45) is 0 Å². The van der Waals surface area contributed by atoms with E-state index in [-0.39, 0.29) is 16.2 Å². The molecule has 0 aromatic rings. The first kappa shape index (κ1) is 20.5. The molecule has 0 N–H and O–H groups in total. The Balaban J connectivity index is 4.11. The fourth-order valence-electron chi connectivity index (χ4n) is 1.80. The normalized spacial score (nSPS) is 15.0. The topological polar surface area (TPSA) is 26.3 Å². The molecule has 122 valence electrons. The van der Waals surface area contributed by atoms with Gasteiger partial charge < -0.3 is 4.74 Å². The fraction of sp³-hybridized carbons (Fsp3) is 0.706. The molecule has 0 aromatic carbocycles. The summed E-state index contributed by atoms with van der Waals surface area (Å²) in [7, 11) is 0. The predicted octanol–water partition coefficient (Wildman–Crippen LogP) is 5.63. The third-order valence-corrected chi connectivity index (χ3v) is 4.36. The molecule has 21 heavy (non-hydrogen) atoms. The van der Waals surface area contributed by atoms with Gasteiger partial charge in [-0.15, -0.1) is 23.2 Å². The van der Waals surface area contributed by atoms with Gasteiger partial charge in [0.25, 0.3) is 0 Å². The molecular formula is C17H28Cl2O2. The van der Waals surface area contributed by atoms with Crippen molar-refractivity contribution in [2.45, 2.75) is 70.6 Å². The van der Waals surface area contributed by atoms with Crippen molar-refractivity contribution >= 4 is 29.2 Å². The van der Waals surface area contributed by atoms with E-state index in [0.29, 0.717) is 6.61 Å². The number of rotatable bonds is 9. The SMILES string of the molecule is CCOC(=O)/C=C(\C)CC/C=C(\C)CCC(Cl)C(C)(C)Cl. The van der Waals surface area contributed by atoms with Gasteiger partial charge in [-0.25, -0.2) is 4.79 Å². The van der Waals surface area contributed by atoms with Gasteiger partial charge in [-0.05, 0) is 60.3 Å². The quantitative estimate of drug-likeness (QED) is 0.236. The van der Waals surface area contributed by atoms with Gasteiger partial charge in [-0.1, -0.05) is 17.2 Å². The number of esters is 1. The van der Waals surface area contributed by atoms with Gasteiger partial charge in [-0.2, -0.15) is 0 Å². The average molecular weight is 335 g/mol. The zero-order chi connectivity index (χ0) is 16.5. The Hall–Kier alpha value is -0.470. The second-order valence-corrected chi connectivity index (χ2v) is 7.40. The summed E-state index contributed by atoms with van der Waals surface area (Å²) in [5.74, 6) is -0.259. The summed E-state index contributed by atoms with van der Waals surface area (Å²) in [5.41, 5.74) is 2.35. The Morgan fingerprint density at radius 1 is 1.24 bits per heavy atom. The fourth-order valence-corrected chi connectivity index (χ4v) is 2.02. The number of carbonyl (C=O) groups excluding carboxylic acids is 1. The summed E-state index contributed by atoms with van der Waals surface area (Å²) < 4.78 is 4.88. The van der Waals surface area contributed by atoms with Crippen LogP contribution in [0.1, 0.15) is 60.3 Å². The van der Waals surface area contributed by atoms with Crippen molar-refractivity contribution in [3.05, 3.63) is 23.3 Å². The molecular weight excluding hydrogens is 307 g/mol. The van der Waals surface area contributed by atoms with Gasteiger partial charge in [0.2, 0.25) is 0 Å². The molecule has 1 unspecified atom stereocenters. The summed E-state index contributed by atoms with van der Waals surface area (Å²) in [5, 5.41) is -0.0343. The van der Waals surface area contributed by atoms with Crippen LogP contribution in [0.4, 0.5) is 0 Å². The average Bonchev–Trinajstić information content (AvgIpc) is 2.34.